The van der Waals surface area contributed by atoms with E-state index in [1.807, 2.05) is 44.2 Å². The van der Waals surface area contributed by atoms with Gasteiger partial charge < -0.3 is 10.1 Å². The van der Waals surface area contributed by atoms with Gasteiger partial charge >= 0.3 is 0 Å². The molecule has 0 fully saturated rings. The molecule has 0 radical (unpaired) electrons. The third-order valence-electron chi connectivity index (χ3n) is 6.33. The van der Waals surface area contributed by atoms with Gasteiger partial charge in [-0.1, -0.05) is 24.3 Å². The minimum atomic E-state index is -0.275. The molecule has 9 nitrogen and oxygen atoms in total. The number of aromatic nitrogens is 6. The van der Waals surface area contributed by atoms with E-state index in [9.17, 15) is 9.18 Å². The Morgan fingerprint density at radius 2 is 1.78 bits per heavy atom. The van der Waals surface area contributed by atoms with Gasteiger partial charge in [0, 0.05) is 17.9 Å². The molecule has 1 N–H and O–H groups in total. The lowest BCUT2D eigenvalue weighted by Crippen LogP contribution is -2.25. The van der Waals surface area contributed by atoms with Crippen molar-refractivity contribution in [1.29, 1.82) is 0 Å². The fourth-order valence-corrected chi connectivity index (χ4v) is 4.54. The van der Waals surface area contributed by atoms with Crippen LogP contribution < -0.4 is 10.1 Å². The average molecular weight is 484 g/mol. The molecule has 2 aromatic carbocycles. The topological polar surface area (TPSA) is 99.2 Å². The number of carbonyl (C=O) groups is 1. The Kier molecular flexibility index (Phi) is 5.21. The van der Waals surface area contributed by atoms with E-state index in [0.29, 0.717) is 41.9 Å². The number of amides is 1. The van der Waals surface area contributed by atoms with E-state index in [2.05, 4.69) is 20.6 Å². The number of fused-ring (bicyclic) bond motifs is 2. The quantitative estimate of drug-likeness (QED) is 0.404. The van der Waals surface area contributed by atoms with Gasteiger partial charge in [-0.25, -0.2) is 4.39 Å². The predicted molar refractivity (Wildman–Crippen MR) is 130 cm³/mol. The molecule has 0 aliphatic carbocycles. The van der Waals surface area contributed by atoms with E-state index >= 15 is 0 Å². The van der Waals surface area contributed by atoms with E-state index in [1.165, 1.54) is 12.1 Å². The molecule has 1 aliphatic heterocycles. The number of benzene rings is 2. The second kappa shape index (κ2) is 8.56. The van der Waals surface area contributed by atoms with Gasteiger partial charge in [0.1, 0.15) is 24.0 Å². The number of hydrogen-bond donors (Lipinski definition) is 1. The molecule has 0 saturated heterocycles. The number of ether oxygens (including phenoxy) is 1. The first-order valence-electron chi connectivity index (χ1n) is 11.5. The minimum Gasteiger partial charge on any atom is -0.489 e. The van der Waals surface area contributed by atoms with Crippen LogP contribution >= 0.6 is 0 Å². The van der Waals surface area contributed by atoms with Gasteiger partial charge in [-0.3, -0.25) is 4.79 Å². The molecular formula is C26H22FN7O2. The van der Waals surface area contributed by atoms with Crippen LogP contribution in [0.4, 0.5) is 10.2 Å². The number of hydrogen-bond acceptors (Lipinski definition) is 6. The fourth-order valence-electron chi connectivity index (χ4n) is 4.54. The van der Waals surface area contributed by atoms with Crippen molar-refractivity contribution in [1.82, 2.24) is 29.6 Å². The Morgan fingerprint density at radius 3 is 2.56 bits per heavy atom. The van der Waals surface area contributed by atoms with Crippen LogP contribution in [0.1, 0.15) is 40.5 Å². The highest BCUT2D eigenvalue weighted by Crippen LogP contribution is 2.40. The van der Waals surface area contributed by atoms with Gasteiger partial charge in [0.25, 0.3) is 0 Å². The molecule has 6 rings (SSSR count). The zero-order valence-electron chi connectivity index (χ0n) is 19.6. The summed E-state index contributed by atoms with van der Waals surface area (Å²) < 4.78 is 22.3. The lowest BCUT2D eigenvalue weighted by Gasteiger charge is -2.24. The molecule has 3 aromatic heterocycles. The lowest BCUT2D eigenvalue weighted by molar-refractivity contribution is -0.116. The Morgan fingerprint density at radius 1 is 1.00 bits per heavy atom. The molecule has 0 spiro atoms. The number of nitrogens with zero attached hydrogens (tertiary/aromatic N) is 6. The SMILES string of the molecule is Cc1nn(-c2ccc3nnc(C)n3n2)c2c1[C@H](c1ccc(OCc3ccc(F)cc3)cc1)CC(=O)N2. The molecule has 1 aliphatic rings. The molecule has 36 heavy (non-hydrogen) atoms. The Hall–Kier alpha value is -4.60. The third-order valence-corrected chi connectivity index (χ3v) is 6.33. The van der Waals surface area contributed by atoms with Gasteiger partial charge in [-0.15, -0.1) is 15.3 Å². The smallest absolute Gasteiger partial charge is 0.226 e. The number of nitrogens with one attached hydrogen (secondary N) is 1. The molecule has 4 heterocycles. The van der Waals surface area contributed by atoms with Crippen LogP contribution in [-0.4, -0.2) is 35.5 Å². The number of rotatable bonds is 5. The second-order valence-corrected chi connectivity index (χ2v) is 8.76. The summed E-state index contributed by atoms with van der Waals surface area (Å²) in [5, 5.41) is 20.4. The predicted octanol–water partition coefficient (Wildman–Crippen LogP) is 4.12. The summed E-state index contributed by atoms with van der Waals surface area (Å²) in [4.78, 5) is 12.7. The zero-order valence-corrected chi connectivity index (χ0v) is 19.6. The normalized spacial score (nSPS) is 15.1. The lowest BCUT2D eigenvalue weighted by atomic mass is 9.86. The monoisotopic (exact) mass is 483 g/mol. The number of halogens is 1. The Balaban J connectivity index is 1.30. The first-order chi connectivity index (χ1) is 17.5. The summed E-state index contributed by atoms with van der Waals surface area (Å²) in [5.41, 5.74) is 4.27. The molecule has 0 saturated carbocycles. The molecule has 5 aromatic rings. The van der Waals surface area contributed by atoms with Crippen molar-refractivity contribution in [3.63, 3.8) is 0 Å². The average Bonchev–Trinajstić information content (AvgIpc) is 3.42. The van der Waals surface area contributed by atoms with Crippen LogP contribution in [0.5, 0.6) is 5.75 Å². The maximum Gasteiger partial charge on any atom is 0.226 e. The minimum absolute atomic E-state index is 0.0909. The van der Waals surface area contributed by atoms with Crippen molar-refractivity contribution in [3.8, 4) is 11.6 Å². The van der Waals surface area contributed by atoms with Gasteiger partial charge in [0.2, 0.25) is 5.91 Å². The summed E-state index contributed by atoms with van der Waals surface area (Å²) in [7, 11) is 0. The van der Waals surface area contributed by atoms with E-state index in [-0.39, 0.29) is 17.6 Å². The van der Waals surface area contributed by atoms with Gasteiger partial charge in [-0.05, 0) is 61.4 Å². The van der Waals surface area contributed by atoms with Crippen molar-refractivity contribution >= 4 is 17.4 Å². The molecule has 1 atom stereocenters. The van der Waals surface area contributed by atoms with E-state index < -0.39 is 0 Å². The van der Waals surface area contributed by atoms with Crippen LogP contribution in [0, 0.1) is 19.7 Å². The molecule has 1 amide bonds. The zero-order chi connectivity index (χ0) is 24.8. The summed E-state index contributed by atoms with van der Waals surface area (Å²) >= 11 is 0. The van der Waals surface area contributed by atoms with Gasteiger partial charge in [0.05, 0.1) is 5.69 Å². The summed E-state index contributed by atoms with van der Waals surface area (Å²) in [5.74, 6) is 2.00. The Labute approximate surface area is 205 Å². The Bertz CT molecular complexity index is 1590. The van der Waals surface area contributed by atoms with Crippen molar-refractivity contribution in [2.75, 3.05) is 5.32 Å². The molecule has 0 bridgehead atoms. The number of carbonyl (C=O) groups excluding carboxylic acids is 1. The summed E-state index contributed by atoms with van der Waals surface area (Å²) in [6.45, 7) is 4.10. The highest BCUT2D eigenvalue weighted by atomic mass is 19.1. The largest absolute Gasteiger partial charge is 0.489 e. The van der Waals surface area contributed by atoms with E-state index in [1.54, 1.807) is 27.4 Å². The number of aryl methyl sites for hydroxylation is 2. The summed E-state index contributed by atoms with van der Waals surface area (Å²) in [6.07, 6.45) is 0.312. The van der Waals surface area contributed by atoms with Crippen LogP contribution in [0.3, 0.4) is 0 Å². The van der Waals surface area contributed by atoms with Crippen molar-refractivity contribution in [2.24, 2.45) is 0 Å². The van der Waals surface area contributed by atoms with Gasteiger partial charge in [-0.2, -0.15) is 14.3 Å². The van der Waals surface area contributed by atoms with Crippen LogP contribution in [0.25, 0.3) is 11.5 Å². The van der Waals surface area contributed by atoms with Crippen molar-refractivity contribution in [3.05, 3.63) is 94.7 Å². The van der Waals surface area contributed by atoms with Crippen LogP contribution in [0.15, 0.2) is 60.7 Å². The van der Waals surface area contributed by atoms with E-state index in [0.717, 1.165) is 22.4 Å². The highest BCUT2D eigenvalue weighted by Gasteiger charge is 2.33. The number of anilines is 1. The molecule has 0 unspecified atom stereocenters. The maximum atomic E-state index is 13.1. The highest BCUT2D eigenvalue weighted by molar-refractivity contribution is 5.95. The maximum absolute atomic E-state index is 13.1. The molecular weight excluding hydrogens is 461 g/mol. The van der Waals surface area contributed by atoms with Gasteiger partial charge in [0.15, 0.2) is 17.3 Å². The first-order valence-corrected chi connectivity index (χ1v) is 11.5. The van der Waals surface area contributed by atoms with Crippen molar-refractivity contribution in [2.45, 2.75) is 32.8 Å². The first kappa shape index (κ1) is 21.9. The van der Waals surface area contributed by atoms with Crippen LogP contribution in [0.2, 0.25) is 0 Å². The molecule has 10 heteroatoms. The standard InChI is InChI=1S/C26H22FN7O2/c1-15-25-21(18-5-9-20(10-6-18)36-14-17-3-7-19(27)8-4-17)13-24(35)28-26(25)34(31-15)23-12-11-22-30-29-16(2)33(22)32-23/h3-12,21H,13-14H2,1-2H3,(H,28,35)/t21-/m0/s1. The molecule has 180 valence electrons. The third kappa shape index (κ3) is 3.86. The van der Waals surface area contributed by atoms with E-state index in [4.69, 9.17) is 9.84 Å². The fraction of sp³-hybridized carbons (Fsp3) is 0.192. The van der Waals surface area contributed by atoms with Crippen molar-refractivity contribution < 1.29 is 13.9 Å². The van der Waals surface area contributed by atoms with Crippen LogP contribution in [-0.2, 0) is 11.4 Å². The summed E-state index contributed by atoms with van der Waals surface area (Å²) in [6, 6.07) is 17.5. The second-order valence-electron chi connectivity index (χ2n) is 8.76.